The van der Waals surface area contributed by atoms with E-state index in [2.05, 4.69) is 15.2 Å². The number of aromatic nitrogens is 3. The molecule has 19 heavy (non-hydrogen) atoms. The van der Waals surface area contributed by atoms with Gasteiger partial charge in [0.25, 0.3) is 0 Å². The maximum atomic E-state index is 9.95. The molecule has 0 radical (unpaired) electrons. The third-order valence-electron chi connectivity index (χ3n) is 3.80. The van der Waals surface area contributed by atoms with Gasteiger partial charge in [-0.05, 0) is 25.0 Å². The van der Waals surface area contributed by atoms with Crippen molar-refractivity contribution in [3.63, 3.8) is 0 Å². The Labute approximate surface area is 111 Å². The van der Waals surface area contributed by atoms with Gasteiger partial charge in [-0.2, -0.15) is 5.10 Å². The molecule has 1 aromatic carbocycles. The Morgan fingerprint density at radius 3 is 2.79 bits per heavy atom. The number of benzene rings is 1. The van der Waals surface area contributed by atoms with Crippen molar-refractivity contribution >= 4 is 5.69 Å². The molecular formula is C14H18N4O. The van der Waals surface area contributed by atoms with Crippen molar-refractivity contribution < 1.29 is 5.11 Å². The summed E-state index contributed by atoms with van der Waals surface area (Å²) < 4.78 is 0. The highest BCUT2D eigenvalue weighted by Gasteiger charge is 2.20. The van der Waals surface area contributed by atoms with E-state index in [-0.39, 0.29) is 5.75 Å². The lowest BCUT2D eigenvalue weighted by Gasteiger charge is -2.18. The zero-order valence-corrected chi connectivity index (χ0v) is 10.8. The molecule has 0 bridgehead atoms. The first-order valence-electron chi connectivity index (χ1n) is 6.76. The molecule has 1 aliphatic carbocycles. The van der Waals surface area contributed by atoms with Crippen LogP contribution in [0.2, 0.25) is 0 Å². The van der Waals surface area contributed by atoms with Gasteiger partial charge in [0, 0.05) is 5.92 Å². The minimum atomic E-state index is 0.0525. The van der Waals surface area contributed by atoms with E-state index in [9.17, 15) is 5.11 Å². The number of para-hydroxylation sites is 1. The van der Waals surface area contributed by atoms with E-state index in [1.807, 2.05) is 0 Å². The number of aromatic amines is 1. The van der Waals surface area contributed by atoms with Crippen LogP contribution in [-0.4, -0.2) is 20.3 Å². The molecular weight excluding hydrogens is 240 g/mol. The second-order valence-electron chi connectivity index (χ2n) is 5.12. The molecule has 1 heterocycles. The van der Waals surface area contributed by atoms with Crippen LogP contribution in [0.1, 0.15) is 43.8 Å². The summed E-state index contributed by atoms with van der Waals surface area (Å²) in [5, 5.41) is 17.2. The molecule has 5 heteroatoms. The van der Waals surface area contributed by atoms with Crippen molar-refractivity contribution in [3.05, 3.63) is 24.0 Å². The maximum absolute atomic E-state index is 9.95. The number of nitrogens with two attached hydrogens (primary N) is 1. The Balaban J connectivity index is 1.90. The summed E-state index contributed by atoms with van der Waals surface area (Å²) in [6, 6.07) is 5.23. The van der Waals surface area contributed by atoms with E-state index in [0.29, 0.717) is 23.0 Å². The molecule has 1 saturated carbocycles. The highest BCUT2D eigenvalue weighted by molar-refractivity contribution is 5.72. The van der Waals surface area contributed by atoms with Crippen LogP contribution in [0, 0.1) is 0 Å². The summed E-state index contributed by atoms with van der Waals surface area (Å²) in [5.74, 6) is 1.97. The van der Waals surface area contributed by atoms with Gasteiger partial charge in [0.05, 0.1) is 11.3 Å². The van der Waals surface area contributed by atoms with E-state index >= 15 is 0 Å². The number of anilines is 1. The molecule has 1 aliphatic rings. The third kappa shape index (κ3) is 2.28. The molecule has 3 rings (SSSR count). The highest BCUT2D eigenvalue weighted by atomic mass is 16.3. The Kier molecular flexibility index (Phi) is 3.11. The van der Waals surface area contributed by atoms with Gasteiger partial charge >= 0.3 is 0 Å². The fourth-order valence-corrected chi connectivity index (χ4v) is 2.70. The number of H-pyrrole nitrogens is 1. The number of phenolic OH excluding ortho intramolecular Hbond substituents is 1. The van der Waals surface area contributed by atoms with E-state index in [1.54, 1.807) is 18.2 Å². The largest absolute Gasteiger partial charge is 0.505 e. The number of hydrogen-bond acceptors (Lipinski definition) is 4. The highest BCUT2D eigenvalue weighted by Crippen LogP contribution is 2.34. The van der Waals surface area contributed by atoms with Crippen molar-refractivity contribution in [2.75, 3.05) is 5.73 Å². The predicted molar refractivity (Wildman–Crippen MR) is 73.7 cm³/mol. The quantitative estimate of drug-likeness (QED) is 0.571. The van der Waals surface area contributed by atoms with Gasteiger partial charge in [0.1, 0.15) is 11.6 Å². The van der Waals surface area contributed by atoms with Crippen LogP contribution in [0.25, 0.3) is 11.4 Å². The molecule has 5 nitrogen and oxygen atoms in total. The van der Waals surface area contributed by atoms with E-state index < -0.39 is 0 Å². The Bertz CT molecular complexity index is 573. The number of nitrogen functional groups attached to an aromatic ring is 1. The summed E-state index contributed by atoms with van der Waals surface area (Å²) in [5.41, 5.74) is 6.62. The monoisotopic (exact) mass is 258 g/mol. The number of phenols is 1. The van der Waals surface area contributed by atoms with E-state index in [4.69, 9.17) is 5.73 Å². The summed E-state index contributed by atoms with van der Waals surface area (Å²) in [6.07, 6.45) is 6.15. The fourth-order valence-electron chi connectivity index (χ4n) is 2.70. The molecule has 0 unspecified atom stereocenters. The molecule has 0 atom stereocenters. The van der Waals surface area contributed by atoms with Crippen molar-refractivity contribution in [2.24, 2.45) is 0 Å². The maximum Gasteiger partial charge on any atom is 0.184 e. The second-order valence-corrected chi connectivity index (χ2v) is 5.12. The van der Waals surface area contributed by atoms with Crippen LogP contribution in [0.3, 0.4) is 0 Å². The number of hydrogen-bond donors (Lipinski definition) is 3. The van der Waals surface area contributed by atoms with Crippen LogP contribution in [0.4, 0.5) is 5.69 Å². The lowest BCUT2D eigenvalue weighted by atomic mass is 9.89. The molecule has 4 N–H and O–H groups in total. The molecule has 1 fully saturated rings. The molecule has 1 aromatic heterocycles. The number of aromatic hydroxyl groups is 1. The Morgan fingerprint density at radius 2 is 2.00 bits per heavy atom. The van der Waals surface area contributed by atoms with Gasteiger partial charge in [-0.15, -0.1) is 0 Å². The minimum Gasteiger partial charge on any atom is -0.505 e. The lowest BCUT2D eigenvalue weighted by Crippen LogP contribution is -2.06. The first-order valence-corrected chi connectivity index (χ1v) is 6.76. The number of nitrogens with zero attached hydrogens (tertiary/aromatic N) is 2. The fraction of sp³-hybridized carbons (Fsp3) is 0.429. The molecule has 0 amide bonds. The van der Waals surface area contributed by atoms with Crippen molar-refractivity contribution in [3.8, 4) is 17.1 Å². The van der Waals surface area contributed by atoms with Crippen molar-refractivity contribution in [2.45, 2.75) is 38.0 Å². The molecule has 0 saturated heterocycles. The zero-order valence-electron chi connectivity index (χ0n) is 10.8. The summed E-state index contributed by atoms with van der Waals surface area (Å²) in [7, 11) is 0. The van der Waals surface area contributed by atoms with Crippen LogP contribution in [-0.2, 0) is 0 Å². The minimum absolute atomic E-state index is 0.0525. The molecule has 2 aromatic rings. The third-order valence-corrected chi connectivity index (χ3v) is 3.80. The SMILES string of the molecule is Nc1cccc(-c2n[nH]c(C3CCCCC3)n2)c1O. The Hall–Kier alpha value is -2.04. The molecule has 0 spiro atoms. The van der Waals surface area contributed by atoms with Gasteiger partial charge in [-0.25, -0.2) is 4.98 Å². The van der Waals surface area contributed by atoms with Crippen LogP contribution in [0.15, 0.2) is 18.2 Å². The first kappa shape index (κ1) is 12.0. The second kappa shape index (κ2) is 4.91. The lowest BCUT2D eigenvalue weighted by molar-refractivity contribution is 0.429. The topological polar surface area (TPSA) is 87.8 Å². The van der Waals surface area contributed by atoms with E-state index in [1.165, 1.54) is 19.3 Å². The van der Waals surface area contributed by atoms with Gasteiger partial charge in [0.2, 0.25) is 0 Å². The van der Waals surface area contributed by atoms with Crippen LogP contribution >= 0.6 is 0 Å². The van der Waals surface area contributed by atoms with E-state index in [0.717, 1.165) is 18.7 Å². The predicted octanol–water partition coefficient (Wildman–Crippen LogP) is 2.81. The van der Waals surface area contributed by atoms with Gasteiger partial charge in [-0.1, -0.05) is 25.3 Å². The molecule has 100 valence electrons. The molecule has 0 aliphatic heterocycles. The summed E-state index contributed by atoms with van der Waals surface area (Å²) >= 11 is 0. The van der Waals surface area contributed by atoms with Crippen molar-refractivity contribution in [1.82, 2.24) is 15.2 Å². The zero-order chi connectivity index (χ0) is 13.2. The smallest absolute Gasteiger partial charge is 0.184 e. The normalized spacial score (nSPS) is 16.6. The van der Waals surface area contributed by atoms with Crippen molar-refractivity contribution in [1.29, 1.82) is 0 Å². The van der Waals surface area contributed by atoms with Gasteiger partial charge in [0.15, 0.2) is 5.82 Å². The van der Waals surface area contributed by atoms with Crippen LogP contribution in [0.5, 0.6) is 5.75 Å². The van der Waals surface area contributed by atoms with Crippen LogP contribution < -0.4 is 5.73 Å². The standard InChI is InChI=1S/C14H18N4O/c15-11-8-4-7-10(12(11)19)14-16-13(17-18-14)9-5-2-1-3-6-9/h4,7-9,19H,1-3,5-6,15H2,(H,16,17,18). The first-order chi connectivity index (χ1) is 9.25. The summed E-state index contributed by atoms with van der Waals surface area (Å²) in [6.45, 7) is 0. The number of nitrogens with one attached hydrogen (secondary N) is 1. The Morgan fingerprint density at radius 1 is 1.21 bits per heavy atom. The van der Waals surface area contributed by atoms with Gasteiger partial charge in [-0.3, -0.25) is 5.10 Å². The van der Waals surface area contributed by atoms with Gasteiger partial charge < -0.3 is 10.8 Å². The average Bonchev–Trinajstić information content (AvgIpc) is 2.92. The average molecular weight is 258 g/mol. The number of rotatable bonds is 2. The summed E-state index contributed by atoms with van der Waals surface area (Å²) in [4.78, 5) is 4.52.